The van der Waals surface area contributed by atoms with E-state index < -0.39 is 0 Å². The Kier molecular flexibility index (Phi) is 5.57. The normalized spacial score (nSPS) is 28.0. The lowest BCUT2D eigenvalue weighted by Crippen LogP contribution is -2.56. The Labute approximate surface area is 139 Å². The van der Waals surface area contributed by atoms with Crippen LogP contribution < -0.4 is 5.32 Å². The number of piperidine rings is 1. The molecule has 23 heavy (non-hydrogen) atoms. The second-order valence-corrected chi connectivity index (χ2v) is 7.55. The fourth-order valence-electron chi connectivity index (χ4n) is 4.65. The minimum Gasteiger partial charge on any atom is -0.344 e. The Morgan fingerprint density at radius 1 is 0.957 bits per heavy atom. The predicted octanol–water partition coefficient (Wildman–Crippen LogP) is 1.77. The van der Waals surface area contributed by atoms with E-state index in [1.807, 2.05) is 4.90 Å². The molecule has 5 heteroatoms. The van der Waals surface area contributed by atoms with Crippen LogP contribution in [0.4, 0.5) is 0 Å². The lowest BCUT2D eigenvalue weighted by Gasteiger charge is -2.39. The second-order valence-electron chi connectivity index (χ2n) is 7.55. The number of nitrogens with zero attached hydrogens (tertiary/aromatic N) is 2. The highest BCUT2D eigenvalue weighted by Gasteiger charge is 2.37. The van der Waals surface area contributed by atoms with Crippen LogP contribution in [0.5, 0.6) is 0 Å². The number of nitrogens with one attached hydrogen (secondary N) is 1. The number of amides is 2. The van der Waals surface area contributed by atoms with Gasteiger partial charge in [-0.3, -0.25) is 14.5 Å². The van der Waals surface area contributed by atoms with Gasteiger partial charge in [-0.2, -0.15) is 0 Å². The highest BCUT2D eigenvalue weighted by molar-refractivity contribution is 5.87. The van der Waals surface area contributed by atoms with Crippen LogP contribution in [0.25, 0.3) is 0 Å². The summed E-state index contributed by atoms with van der Waals surface area (Å²) in [6.07, 6.45) is 9.39. The molecule has 0 aromatic rings. The molecule has 3 rings (SSSR count). The van der Waals surface area contributed by atoms with Crippen molar-refractivity contribution in [3.05, 3.63) is 0 Å². The summed E-state index contributed by atoms with van der Waals surface area (Å²) in [5, 5.41) is 2.96. The first-order chi connectivity index (χ1) is 11.1. The lowest BCUT2D eigenvalue weighted by molar-refractivity contribution is -0.139. The molecule has 5 nitrogen and oxygen atoms in total. The van der Waals surface area contributed by atoms with Gasteiger partial charge in [-0.25, -0.2) is 0 Å². The molecule has 1 saturated carbocycles. The van der Waals surface area contributed by atoms with Crippen molar-refractivity contribution >= 4 is 11.8 Å². The monoisotopic (exact) mass is 321 g/mol. The van der Waals surface area contributed by atoms with Crippen molar-refractivity contribution in [3.63, 3.8) is 0 Å². The molecule has 0 unspecified atom stereocenters. The van der Waals surface area contributed by atoms with Crippen LogP contribution in [0.1, 0.15) is 58.3 Å². The zero-order chi connectivity index (χ0) is 16.2. The maximum atomic E-state index is 13.1. The maximum absolute atomic E-state index is 13.1. The van der Waals surface area contributed by atoms with Gasteiger partial charge in [-0.15, -0.1) is 0 Å². The van der Waals surface area contributed by atoms with E-state index in [1.54, 1.807) is 0 Å². The highest BCUT2D eigenvalue weighted by atomic mass is 16.2. The Morgan fingerprint density at radius 3 is 2.30 bits per heavy atom. The zero-order valence-corrected chi connectivity index (χ0v) is 14.4. The van der Waals surface area contributed by atoms with Gasteiger partial charge in [0.25, 0.3) is 0 Å². The molecule has 130 valence electrons. The first-order valence-corrected chi connectivity index (χ1v) is 9.45. The molecular weight excluding hydrogens is 290 g/mol. The lowest BCUT2D eigenvalue weighted by atomic mass is 9.95. The van der Waals surface area contributed by atoms with E-state index in [9.17, 15) is 9.59 Å². The van der Waals surface area contributed by atoms with Crippen molar-refractivity contribution < 1.29 is 9.59 Å². The molecule has 0 spiro atoms. The third-order valence-electron chi connectivity index (χ3n) is 5.86. The summed E-state index contributed by atoms with van der Waals surface area (Å²) in [5.74, 6) is 0.415. The van der Waals surface area contributed by atoms with Crippen molar-refractivity contribution in [1.29, 1.82) is 0 Å². The molecule has 2 heterocycles. The van der Waals surface area contributed by atoms with Crippen molar-refractivity contribution in [2.45, 2.75) is 70.4 Å². The third kappa shape index (κ3) is 4.06. The summed E-state index contributed by atoms with van der Waals surface area (Å²) in [4.78, 5) is 29.2. The van der Waals surface area contributed by atoms with Crippen molar-refractivity contribution in [3.8, 4) is 0 Å². The summed E-state index contributed by atoms with van der Waals surface area (Å²) in [5.41, 5.74) is 0. The summed E-state index contributed by atoms with van der Waals surface area (Å²) in [7, 11) is 0. The van der Waals surface area contributed by atoms with Gasteiger partial charge in [-0.05, 0) is 57.5 Å². The third-order valence-corrected chi connectivity index (χ3v) is 5.86. The number of hydrogen-bond donors (Lipinski definition) is 1. The van der Waals surface area contributed by atoms with Crippen LogP contribution in [-0.2, 0) is 9.59 Å². The Morgan fingerprint density at radius 2 is 1.65 bits per heavy atom. The number of rotatable bonds is 4. The number of carbonyl (C=O) groups is 2. The van der Waals surface area contributed by atoms with Gasteiger partial charge in [-0.1, -0.05) is 12.8 Å². The van der Waals surface area contributed by atoms with E-state index in [1.165, 1.54) is 52.1 Å². The van der Waals surface area contributed by atoms with Gasteiger partial charge >= 0.3 is 0 Å². The molecule has 1 aliphatic carbocycles. The zero-order valence-electron chi connectivity index (χ0n) is 14.4. The van der Waals surface area contributed by atoms with E-state index in [4.69, 9.17) is 0 Å². The smallest absolute Gasteiger partial charge is 0.245 e. The number of likely N-dealkylation sites (tertiary alicyclic amines) is 2. The summed E-state index contributed by atoms with van der Waals surface area (Å²) >= 11 is 0. The van der Waals surface area contributed by atoms with Crippen LogP contribution in [0.3, 0.4) is 0 Å². The molecule has 3 fully saturated rings. The molecule has 2 aliphatic heterocycles. The van der Waals surface area contributed by atoms with Gasteiger partial charge in [0.2, 0.25) is 11.8 Å². The van der Waals surface area contributed by atoms with Crippen LogP contribution in [0, 0.1) is 5.92 Å². The summed E-state index contributed by atoms with van der Waals surface area (Å²) in [6.45, 7) is 5.60. The fraction of sp³-hybridized carbons (Fsp3) is 0.889. The Bertz CT molecular complexity index is 428. The molecule has 3 aliphatic rings. The second kappa shape index (κ2) is 7.65. The molecule has 0 bridgehead atoms. The van der Waals surface area contributed by atoms with Gasteiger partial charge in [0.1, 0.15) is 6.04 Å². The van der Waals surface area contributed by atoms with Gasteiger partial charge in [0, 0.05) is 26.1 Å². The standard InChI is InChI=1S/C18H31N3O2/c1-14(22)19-17(15-7-2-3-8-15)18(23)21-12-6-9-16(13-21)20-10-4-5-11-20/h15-17H,2-13H2,1H3,(H,19,22)/t16-,17-/m1/s1. The van der Waals surface area contributed by atoms with Crippen LogP contribution in [0.15, 0.2) is 0 Å². The van der Waals surface area contributed by atoms with E-state index in [2.05, 4.69) is 10.2 Å². The molecule has 0 radical (unpaired) electrons. The summed E-state index contributed by atoms with van der Waals surface area (Å²) in [6, 6.07) is 0.226. The van der Waals surface area contributed by atoms with Gasteiger partial charge < -0.3 is 10.2 Å². The fourth-order valence-corrected chi connectivity index (χ4v) is 4.65. The molecule has 2 saturated heterocycles. The van der Waals surface area contributed by atoms with Crippen molar-refractivity contribution in [2.75, 3.05) is 26.2 Å². The molecule has 1 N–H and O–H groups in total. The van der Waals surface area contributed by atoms with E-state index in [-0.39, 0.29) is 17.9 Å². The van der Waals surface area contributed by atoms with E-state index >= 15 is 0 Å². The minimum absolute atomic E-state index is 0.0802. The van der Waals surface area contributed by atoms with Crippen molar-refractivity contribution in [1.82, 2.24) is 15.1 Å². The Hall–Kier alpha value is -1.10. The van der Waals surface area contributed by atoms with E-state index in [0.29, 0.717) is 12.0 Å². The molecule has 0 aromatic carbocycles. The first kappa shape index (κ1) is 16.7. The average molecular weight is 321 g/mol. The molecule has 2 atom stereocenters. The summed E-state index contributed by atoms with van der Waals surface area (Å²) < 4.78 is 0. The quantitative estimate of drug-likeness (QED) is 0.858. The SMILES string of the molecule is CC(=O)N[C@@H](C(=O)N1CCC[C@@H](N2CCCC2)C1)C1CCCC1. The Balaban J connectivity index is 1.64. The largest absolute Gasteiger partial charge is 0.344 e. The topological polar surface area (TPSA) is 52.7 Å². The number of carbonyl (C=O) groups excluding carboxylic acids is 2. The van der Waals surface area contributed by atoms with Crippen LogP contribution in [0.2, 0.25) is 0 Å². The first-order valence-electron chi connectivity index (χ1n) is 9.45. The van der Waals surface area contributed by atoms with Crippen molar-refractivity contribution in [2.24, 2.45) is 5.92 Å². The van der Waals surface area contributed by atoms with Crippen LogP contribution >= 0.6 is 0 Å². The van der Waals surface area contributed by atoms with Gasteiger partial charge in [0.15, 0.2) is 0 Å². The maximum Gasteiger partial charge on any atom is 0.245 e. The predicted molar refractivity (Wildman–Crippen MR) is 90.0 cm³/mol. The molecule has 0 aromatic heterocycles. The molecule has 2 amide bonds. The van der Waals surface area contributed by atoms with E-state index in [0.717, 1.165) is 32.4 Å². The highest BCUT2D eigenvalue weighted by Crippen LogP contribution is 2.29. The van der Waals surface area contributed by atoms with Gasteiger partial charge in [0.05, 0.1) is 0 Å². The molecular formula is C18H31N3O2. The average Bonchev–Trinajstić information content (AvgIpc) is 3.25. The van der Waals surface area contributed by atoms with Crippen LogP contribution in [-0.4, -0.2) is 59.9 Å². The number of hydrogen-bond acceptors (Lipinski definition) is 3. The minimum atomic E-state index is -0.299.